The van der Waals surface area contributed by atoms with Gasteiger partial charge in [-0.25, -0.2) is 8.42 Å². The van der Waals surface area contributed by atoms with E-state index in [0.29, 0.717) is 11.7 Å². The molecule has 0 aromatic carbocycles. The average molecular weight is 261 g/mol. The van der Waals surface area contributed by atoms with E-state index < -0.39 is 9.84 Å². The van der Waals surface area contributed by atoms with E-state index in [-0.39, 0.29) is 11.3 Å². The second-order valence-corrected chi connectivity index (χ2v) is 7.61. The van der Waals surface area contributed by atoms with Gasteiger partial charge in [0.1, 0.15) is 0 Å². The summed E-state index contributed by atoms with van der Waals surface area (Å²) in [4.78, 5) is 0. The molecule has 1 aliphatic carbocycles. The van der Waals surface area contributed by atoms with Crippen LogP contribution in [-0.2, 0) is 9.84 Å². The molecule has 1 aliphatic rings. The Morgan fingerprint density at radius 1 is 1.24 bits per heavy atom. The fraction of sp³-hybridized carbons (Fsp3) is 1.00. The summed E-state index contributed by atoms with van der Waals surface area (Å²) in [5.41, 5.74) is 0. The highest BCUT2D eigenvalue weighted by atomic mass is 32.2. The van der Waals surface area contributed by atoms with E-state index in [0.717, 1.165) is 38.6 Å². The van der Waals surface area contributed by atoms with E-state index in [9.17, 15) is 8.42 Å². The number of hydrogen-bond acceptors (Lipinski definition) is 3. The van der Waals surface area contributed by atoms with Crippen molar-refractivity contribution >= 4 is 9.84 Å². The molecule has 0 radical (unpaired) electrons. The van der Waals surface area contributed by atoms with Crippen LogP contribution in [-0.4, -0.2) is 32.0 Å². The number of nitrogens with one attached hydrogen (secondary N) is 1. The Hall–Kier alpha value is -0.0900. The Bertz CT molecular complexity index is 307. The van der Waals surface area contributed by atoms with Gasteiger partial charge in [0.25, 0.3) is 0 Å². The van der Waals surface area contributed by atoms with Crippen molar-refractivity contribution in [3.63, 3.8) is 0 Å². The molecular weight excluding hydrogens is 234 g/mol. The zero-order valence-corrected chi connectivity index (χ0v) is 12.2. The van der Waals surface area contributed by atoms with Gasteiger partial charge in [0.15, 0.2) is 9.84 Å². The first-order chi connectivity index (χ1) is 8.01. The maximum absolute atomic E-state index is 12.3. The Labute approximate surface area is 106 Å². The molecule has 2 unspecified atom stereocenters. The molecular formula is C13H27NO2S. The van der Waals surface area contributed by atoms with Crippen molar-refractivity contribution in [1.29, 1.82) is 0 Å². The van der Waals surface area contributed by atoms with Crippen LogP contribution in [0.4, 0.5) is 0 Å². The van der Waals surface area contributed by atoms with Gasteiger partial charge in [-0.2, -0.15) is 0 Å². The molecule has 2 atom stereocenters. The van der Waals surface area contributed by atoms with Crippen LogP contribution in [0.3, 0.4) is 0 Å². The minimum Gasteiger partial charge on any atom is -0.313 e. The summed E-state index contributed by atoms with van der Waals surface area (Å²) < 4.78 is 24.6. The maximum Gasteiger partial charge on any atom is 0.154 e. The van der Waals surface area contributed by atoms with Gasteiger partial charge in [0, 0.05) is 6.04 Å². The van der Waals surface area contributed by atoms with Gasteiger partial charge in [0.05, 0.1) is 11.0 Å². The van der Waals surface area contributed by atoms with Crippen molar-refractivity contribution in [1.82, 2.24) is 5.32 Å². The summed E-state index contributed by atoms with van der Waals surface area (Å²) in [6.07, 6.45) is 4.94. The summed E-state index contributed by atoms with van der Waals surface area (Å²) in [7, 11) is -2.90. The second kappa shape index (κ2) is 6.74. The molecule has 17 heavy (non-hydrogen) atoms. The molecule has 0 aromatic rings. The largest absolute Gasteiger partial charge is 0.313 e. The van der Waals surface area contributed by atoms with Gasteiger partial charge in [-0.05, 0) is 25.3 Å². The number of rotatable bonds is 7. The first-order valence-corrected chi connectivity index (χ1v) is 8.67. The molecule has 0 aromatic heterocycles. The van der Waals surface area contributed by atoms with Crippen LogP contribution >= 0.6 is 0 Å². The van der Waals surface area contributed by atoms with Gasteiger partial charge >= 0.3 is 0 Å². The highest BCUT2D eigenvalue weighted by molar-refractivity contribution is 7.92. The Morgan fingerprint density at radius 2 is 1.82 bits per heavy atom. The summed E-state index contributed by atoms with van der Waals surface area (Å²) in [5, 5.41) is 3.27. The van der Waals surface area contributed by atoms with Gasteiger partial charge in [-0.1, -0.05) is 40.0 Å². The summed E-state index contributed by atoms with van der Waals surface area (Å²) in [6, 6.07) is 0.121. The maximum atomic E-state index is 12.3. The molecule has 0 spiro atoms. The minimum absolute atomic E-state index is 0.0623. The van der Waals surface area contributed by atoms with Crippen molar-refractivity contribution < 1.29 is 8.42 Å². The molecule has 1 saturated carbocycles. The monoisotopic (exact) mass is 261 g/mol. The fourth-order valence-corrected chi connectivity index (χ4v) is 4.88. The molecule has 1 fully saturated rings. The summed E-state index contributed by atoms with van der Waals surface area (Å²) in [6.45, 7) is 7.14. The van der Waals surface area contributed by atoms with E-state index >= 15 is 0 Å². The van der Waals surface area contributed by atoms with Crippen LogP contribution in [0.15, 0.2) is 0 Å². The Kier molecular flexibility index (Phi) is 5.93. The second-order valence-electron chi connectivity index (χ2n) is 5.29. The third-order valence-corrected chi connectivity index (χ3v) is 6.33. The van der Waals surface area contributed by atoms with Crippen molar-refractivity contribution in [2.75, 3.05) is 12.3 Å². The van der Waals surface area contributed by atoms with Crippen LogP contribution in [0.1, 0.15) is 52.9 Å². The lowest BCUT2D eigenvalue weighted by atomic mass is 10.0. The Balaban J connectivity index is 2.64. The smallest absolute Gasteiger partial charge is 0.154 e. The third kappa shape index (κ3) is 4.25. The molecule has 0 amide bonds. The average Bonchev–Trinajstić information content (AvgIpc) is 2.81. The molecule has 1 N–H and O–H groups in total. The van der Waals surface area contributed by atoms with Crippen LogP contribution in [0.2, 0.25) is 0 Å². The standard InChI is InChI=1S/C13H27NO2S/c1-4-11(3)13(14-5-2)10-17(15,16)12-8-6-7-9-12/h11-14H,4-10H2,1-3H3. The van der Waals surface area contributed by atoms with Gasteiger partial charge in [-0.3, -0.25) is 0 Å². The molecule has 0 heterocycles. The quantitative estimate of drug-likeness (QED) is 0.765. The van der Waals surface area contributed by atoms with Crippen LogP contribution in [0.25, 0.3) is 0 Å². The zero-order valence-electron chi connectivity index (χ0n) is 11.4. The molecule has 0 aliphatic heterocycles. The van der Waals surface area contributed by atoms with Crippen molar-refractivity contribution in [2.24, 2.45) is 5.92 Å². The van der Waals surface area contributed by atoms with Crippen LogP contribution < -0.4 is 5.32 Å². The SMILES string of the molecule is CCNC(CS(=O)(=O)C1CCCC1)C(C)CC. The number of sulfone groups is 1. The fourth-order valence-electron chi connectivity index (χ4n) is 2.60. The van der Waals surface area contributed by atoms with Crippen molar-refractivity contribution in [2.45, 2.75) is 64.2 Å². The van der Waals surface area contributed by atoms with Gasteiger partial charge < -0.3 is 5.32 Å². The molecule has 102 valence electrons. The predicted octanol–water partition coefficient (Wildman–Crippen LogP) is 2.37. The highest BCUT2D eigenvalue weighted by Crippen LogP contribution is 2.26. The molecule has 1 rings (SSSR count). The normalized spacial score (nSPS) is 21.6. The topological polar surface area (TPSA) is 46.2 Å². The first kappa shape index (κ1) is 15.0. The molecule has 3 nitrogen and oxygen atoms in total. The lowest BCUT2D eigenvalue weighted by molar-refractivity contribution is 0.396. The zero-order chi connectivity index (χ0) is 12.9. The third-order valence-electron chi connectivity index (χ3n) is 4.02. The minimum atomic E-state index is -2.90. The van der Waals surface area contributed by atoms with E-state index in [2.05, 4.69) is 19.2 Å². The molecule has 4 heteroatoms. The van der Waals surface area contributed by atoms with Gasteiger partial charge in [-0.15, -0.1) is 0 Å². The van der Waals surface area contributed by atoms with E-state index in [1.54, 1.807) is 0 Å². The van der Waals surface area contributed by atoms with Crippen molar-refractivity contribution in [3.05, 3.63) is 0 Å². The lowest BCUT2D eigenvalue weighted by Gasteiger charge is -2.25. The lowest BCUT2D eigenvalue weighted by Crippen LogP contribution is -2.42. The highest BCUT2D eigenvalue weighted by Gasteiger charge is 2.32. The molecule has 0 saturated heterocycles. The summed E-state index contributed by atoms with van der Waals surface area (Å²) >= 11 is 0. The van der Waals surface area contributed by atoms with E-state index in [4.69, 9.17) is 0 Å². The van der Waals surface area contributed by atoms with Gasteiger partial charge in [0.2, 0.25) is 0 Å². The predicted molar refractivity (Wildman–Crippen MR) is 73.0 cm³/mol. The van der Waals surface area contributed by atoms with E-state index in [1.165, 1.54) is 0 Å². The molecule has 0 bridgehead atoms. The van der Waals surface area contributed by atoms with Crippen molar-refractivity contribution in [3.8, 4) is 0 Å². The Morgan fingerprint density at radius 3 is 2.29 bits per heavy atom. The first-order valence-electron chi connectivity index (χ1n) is 6.96. The number of hydrogen-bond donors (Lipinski definition) is 1. The summed E-state index contributed by atoms with van der Waals surface area (Å²) in [5.74, 6) is 0.742. The van der Waals surface area contributed by atoms with Crippen LogP contribution in [0.5, 0.6) is 0 Å². The van der Waals surface area contributed by atoms with E-state index in [1.807, 2.05) is 6.92 Å². The van der Waals surface area contributed by atoms with Crippen LogP contribution in [0, 0.1) is 5.92 Å².